The first kappa shape index (κ1) is 11.5. The van der Waals surface area contributed by atoms with Gasteiger partial charge >= 0.3 is 5.97 Å². The Hall–Kier alpha value is -0.570. The van der Waals surface area contributed by atoms with Crippen molar-refractivity contribution in [2.75, 3.05) is 19.6 Å². The van der Waals surface area contributed by atoms with Crippen LogP contribution in [0.2, 0.25) is 0 Å². The van der Waals surface area contributed by atoms with Crippen molar-refractivity contribution >= 4 is 5.97 Å². The van der Waals surface area contributed by atoms with E-state index in [1.165, 1.54) is 6.42 Å². The monoisotopic (exact) mass is 199 g/mol. The SMILES string of the molecule is CC1CCN(CCCC(=O)O)CC1C. The molecule has 0 aromatic rings. The third kappa shape index (κ3) is 3.66. The van der Waals surface area contributed by atoms with E-state index in [0.717, 1.165) is 37.9 Å². The fraction of sp³-hybridized carbons (Fsp3) is 0.909. The van der Waals surface area contributed by atoms with Crippen LogP contribution < -0.4 is 0 Å². The van der Waals surface area contributed by atoms with Crippen molar-refractivity contribution in [3.8, 4) is 0 Å². The fourth-order valence-electron chi connectivity index (χ4n) is 2.01. The molecule has 1 saturated heterocycles. The van der Waals surface area contributed by atoms with E-state index in [1.807, 2.05) is 0 Å². The van der Waals surface area contributed by atoms with Crippen LogP contribution in [0.1, 0.15) is 33.1 Å². The number of hydrogen-bond donors (Lipinski definition) is 1. The highest BCUT2D eigenvalue weighted by atomic mass is 16.4. The van der Waals surface area contributed by atoms with Crippen LogP contribution in [0.3, 0.4) is 0 Å². The van der Waals surface area contributed by atoms with Gasteiger partial charge in [-0.15, -0.1) is 0 Å². The van der Waals surface area contributed by atoms with Gasteiger partial charge in [0.1, 0.15) is 0 Å². The second-order valence-electron chi connectivity index (χ2n) is 4.54. The van der Waals surface area contributed by atoms with E-state index in [-0.39, 0.29) is 0 Å². The molecule has 1 heterocycles. The molecule has 14 heavy (non-hydrogen) atoms. The van der Waals surface area contributed by atoms with E-state index in [1.54, 1.807) is 0 Å². The summed E-state index contributed by atoms with van der Waals surface area (Å²) in [4.78, 5) is 12.7. The number of piperidine rings is 1. The summed E-state index contributed by atoms with van der Waals surface area (Å²) in [7, 11) is 0. The fourth-order valence-corrected chi connectivity index (χ4v) is 2.01. The maximum absolute atomic E-state index is 10.3. The molecule has 1 rings (SSSR count). The van der Waals surface area contributed by atoms with Crippen LogP contribution in [0, 0.1) is 11.8 Å². The van der Waals surface area contributed by atoms with Crippen molar-refractivity contribution in [3.63, 3.8) is 0 Å². The Morgan fingerprint density at radius 2 is 2.14 bits per heavy atom. The van der Waals surface area contributed by atoms with Gasteiger partial charge in [-0.05, 0) is 37.8 Å². The van der Waals surface area contributed by atoms with Crippen molar-refractivity contribution in [2.45, 2.75) is 33.1 Å². The lowest BCUT2D eigenvalue weighted by Crippen LogP contribution is -2.38. The van der Waals surface area contributed by atoms with Crippen LogP contribution in [-0.2, 0) is 4.79 Å². The number of hydrogen-bond acceptors (Lipinski definition) is 2. The molecule has 82 valence electrons. The zero-order valence-electron chi connectivity index (χ0n) is 9.20. The molecule has 3 nitrogen and oxygen atoms in total. The molecule has 0 aliphatic carbocycles. The van der Waals surface area contributed by atoms with E-state index >= 15 is 0 Å². The Labute approximate surface area is 86.1 Å². The first-order chi connectivity index (χ1) is 6.59. The first-order valence-electron chi connectivity index (χ1n) is 5.53. The third-order valence-corrected chi connectivity index (χ3v) is 3.28. The summed E-state index contributed by atoms with van der Waals surface area (Å²) in [6.07, 6.45) is 2.35. The summed E-state index contributed by atoms with van der Waals surface area (Å²) in [6.45, 7) is 7.82. The minimum Gasteiger partial charge on any atom is -0.481 e. The summed E-state index contributed by atoms with van der Waals surface area (Å²) in [5, 5.41) is 8.52. The van der Waals surface area contributed by atoms with Crippen LogP contribution in [0.15, 0.2) is 0 Å². The maximum Gasteiger partial charge on any atom is 0.303 e. The average Bonchev–Trinajstić information content (AvgIpc) is 2.10. The van der Waals surface area contributed by atoms with Crippen molar-refractivity contribution in [1.29, 1.82) is 0 Å². The van der Waals surface area contributed by atoms with Gasteiger partial charge in [-0.1, -0.05) is 13.8 Å². The molecule has 1 N–H and O–H groups in total. The molecule has 0 spiro atoms. The summed E-state index contributed by atoms with van der Waals surface area (Å²) < 4.78 is 0. The van der Waals surface area contributed by atoms with Crippen molar-refractivity contribution in [3.05, 3.63) is 0 Å². The lowest BCUT2D eigenvalue weighted by molar-refractivity contribution is -0.137. The summed E-state index contributed by atoms with van der Waals surface area (Å²) in [6, 6.07) is 0. The second-order valence-corrected chi connectivity index (χ2v) is 4.54. The summed E-state index contributed by atoms with van der Waals surface area (Å²) in [5.74, 6) is 0.905. The predicted molar refractivity (Wildman–Crippen MR) is 56.3 cm³/mol. The molecule has 0 bridgehead atoms. The highest BCUT2D eigenvalue weighted by Crippen LogP contribution is 2.22. The summed E-state index contributed by atoms with van der Waals surface area (Å²) in [5.41, 5.74) is 0. The molecule has 1 aliphatic rings. The van der Waals surface area contributed by atoms with Gasteiger partial charge in [-0.3, -0.25) is 4.79 Å². The second kappa shape index (κ2) is 5.35. The van der Waals surface area contributed by atoms with Crippen LogP contribution in [0.25, 0.3) is 0 Å². The molecule has 0 radical (unpaired) electrons. The van der Waals surface area contributed by atoms with E-state index < -0.39 is 5.97 Å². The average molecular weight is 199 g/mol. The summed E-state index contributed by atoms with van der Waals surface area (Å²) >= 11 is 0. The minimum absolute atomic E-state index is 0.306. The van der Waals surface area contributed by atoms with Crippen LogP contribution in [-0.4, -0.2) is 35.6 Å². The van der Waals surface area contributed by atoms with Gasteiger partial charge in [-0.25, -0.2) is 0 Å². The zero-order chi connectivity index (χ0) is 10.6. The molecular formula is C11H21NO2. The standard InChI is InChI=1S/C11H21NO2/c1-9-5-7-12(8-10(9)2)6-3-4-11(13)14/h9-10H,3-8H2,1-2H3,(H,13,14). The Balaban J connectivity index is 2.16. The number of nitrogens with zero attached hydrogens (tertiary/aromatic N) is 1. The molecule has 1 fully saturated rings. The molecular weight excluding hydrogens is 178 g/mol. The van der Waals surface area contributed by atoms with E-state index in [9.17, 15) is 4.79 Å². The van der Waals surface area contributed by atoms with Crippen LogP contribution in [0.5, 0.6) is 0 Å². The Morgan fingerprint density at radius 1 is 1.43 bits per heavy atom. The molecule has 0 amide bonds. The van der Waals surface area contributed by atoms with Crippen molar-refractivity contribution in [2.24, 2.45) is 11.8 Å². The highest BCUT2D eigenvalue weighted by Gasteiger charge is 2.21. The van der Waals surface area contributed by atoms with Gasteiger partial charge in [0.2, 0.25) is 0 Å². The molecule has 0 saturated carbocycles. The zero-order valence-corrected chi connectivity index (χ0v) is 9.20. The maximum atomic E-state index is 10.3. The third-order valence-electron chi connectivity index (χ3n) is 3.28. The van der Waals surface area contributed by atoms with Crippen LogP contribution >= 0.6 is 0 Å². The molecule has 1 aliphatic heterocycles. The van der Waals surface area contributed by atoms with Crippen molar-refractivity contribution < 1.29 is 9.90 Å². The first-order valence-corrected chi connectivity index (χ1v) is 5.53. The highest BCUT2D eigenvalue weighted by molar-refractivity contribution is 5.66. The Morgan fingerprint density at radius 3 is 2.71 bits per heavy atom. The topological polar surface area (TPSA) is 40.5 Å². The molecule has 2 atom stereocenters. The largest absolute Gasteiger partial charge is 0.481 e. The Bertz CT molecular complexity index is 194. The van der Waals surface area contributed by atoms with E-state index in [0.29, 0.717) is 6.42 Å². The normalized spacial score (nSPS) is 29.0. The van der Waals surface area contributed by atoms with Gasteiger partial charge in [0.15, 0.2) is 0 Å². The predicted octanol–water partition coefficient (Wildman–Crippen LogP) is 1.83. The number of carboxylic acid groups (broad SMARTS) is 1. The molecule has 0 aromatic carbocycles. The number of likely N-dealkylation sites (tertiary alicyclic amines) is 1. The van der Waals surface area contributed by atoms with Crippen molar-refractivity contribution in [1.82, 2.24) is 4.90 Å². The van der Waals surface area contributed by atoms with Crippen LogP contribution in [0.4, 0.5) is 0 Å². The molecule has 3 heteroatoms. The van der Waals surface area contributed by atoms with Gasteiger partial charge < -0.3 is 10.0 Å². The minimum atomic E-state index is -0.677. The van der Waals surface area contributed by atoms with E-state index in [2.05, 4.69) is 18.7 Å². The lowest BCUT2D eigenvalue weighted by atomic mass is 9.88. The van der Waals surface area contributed by atoms with Gasteiger partial charge in [0.25, 0.3) is 0 Å². The molecule has 0 aromatic heterocycles. The Kier molecular flexibility index (Phi) is 4.39. The number of carboxylic acids is 1. The number of rotatable bonds is 4. The van der Waals surface area contributed by atoms with Gasteiger partial charge in [0.05, 0.1) is 0 Å². The van der Waals surface area contributed by atoms with Gasteiger partial charge in [0, 0.05) is 13.0 Å². The lowest BCUT2D eigenvalue weighted by Gasteiger charge is -2.35. The van der Waals surface area contributed by atoms with Gasteiger partial charge in [-0.2, -0.15) is 0 Å². The molecule has 2 unspecified atom stereocenters. The number of carbonyl (C=O) groups is 1. The quantitative estimate of drug-likeness (QED) is 0.751. The smallest absolute Gasteiger partial charge is 0.303 e. The van der Waals surface area contributed by atoms with E-state index in [4.69, 9.17) is 5.11 Å². The number of aliphatic carboxylic acids is 1.